The smallest absolute Gasteiger partial charge is 0.449 e. The molecule has 2 aromatic carbocycles. The molecule has 1 amide bonds. The van der Waals surface area contributed by atoms with Crippen LogP contribution < -0.4 is 11.1 Å². The Morgan fingerprint density at radius 3 is 1.92 bits per heavy atom. The summed E-state index contributed by atoms with van der Waals surface area (Å²) >= 11 is 0. The number of hydrogen-bond donors (Lipinski definition) is 2. The van der Waals surface area contributed by atoms with E-state index >= 15 is 0 Å². The Hall–Kier alpha value is -3.18. The van der Waals surface area contributed by atoms with Gasteiger partial charge >= 0.3 is 18.2 Å². The van der Waals surface area contributed by atoms with Crippen LogP contribution in [0, 0.1) is 0 Å². The lowest BCUT2D eigenvalue weighted by molar-refractivity contribution is -0.168. The largest absolute Gasteiger partial charge is 0.464 e. The molecule has 2 aromatic rings. The number of halogens is 3. The monoisotopic (exact) mass is 526 g/mol. The Balaban J connectivity index is 0.000000809. The Bertz CT molecular complexity index is 967. The molecule has 0 aliphatic carbocycles. The van der Waals surface area contributed by atoms with Crippen LogP contribution in [0.15, 0.2) is 60.7 Å². The summed E-state index contributed by atoms with van der Waals surface area (Å²) in [6, 6.07) is 17.5. The van der Waals surface area contributed by atoms with Crippen molar-refractivity contribution in [1.82, 2.24) is 5.32 Å². The van der Waals surface area contributed by atoms with Crippen LogP contribution in [0.3, 0.4) is 0 Å². The number of amides is 1. The van der Waals surface area contributed by atoms with E-state index in [1.165, 1.54) is 0 Å². The molecule has 0 aliphatic rings. The topological polar surface area (TPSA) is 108 Å². The molecule has 0 spiro atoms. The molecule has 11 heteroatoms. The van der Waals surface area contributed by atoms with E-state index in [-0.39, 0.29) is 6.61 Å². The third-order valence-electron chi connectivity index (χ3n) is 4.78. The molecule has 2 atom stereocenters. The van der Waals surface area contributed by atoms with E-state index in [9.17, 15) is 27.6 Å². The van der Waals surface area contributed by atoms with Crippen molar-refractivity contribution in [2.75, 3.05) is 6.61 Å². The van der Waals surface area contributed by atoms with Crippen molar-refractivity contribution in [3.63, 3.8) is 0 Å². The number of ketones is 1. The number of ether oxygens (including phenoxy) is 2. The third-order valence-corrected chi connectivity index (χ3v) is 6.48. The van der Waals surface area contributed by atoms with Crippen molar-refractivity contribution in [3.8, 4) is 0 Å². The van der Waals surface area contributed by atoms with Crippen LogP contribution >= 0.6 is 0 Å². The maximum absolute atomic E-state index is 12.7. The second-order valence-corrected chi connectivity index (χ2v) is 14.8. The fourth-order valence-corrected chi connectivity index (χ4v) is 3.32. The highest BCUT2D eigenvalue weighted by atomic mass is 28.3. The minimum Gasteiger partial charge on any atom is -0.464 e. The van der Waals surface area contributed by atoms with Gasteiger partial charge in [0.15, 0.2) is 0 Å². The van der Waals surface area contributed by atoms with Gasteiger partial charge in [-0.3, -0.25) is 4.79 Å². The highest BCUT2D eigenvalue weighted by Gasteiger charge is 2.34. The lowest BCUT2D eigenvalue weighted by Gasteiger charge is -2.24. The zero-order valence-electron chi connectivity index (χ0n) is 20.8. The molecule has 198 valence electrons. The molecule has 3 N–H and O–H groups in total. The van der Waals surface area contributed by atoms with E-state index in [1.807, 2.05) is 60.7 Å². The summed E-state index contributed by atoms with van der Waals surface area (Å²) in [5.41, 5.74) is 7.87. The molecule has 0 aliphatic heterocycles. The Labute approximate surface area is 210 Å². The number of rotatable bonds is 9. The van der Waals surface area contributed by atoms with Crippen molar-refractivity contribution in [2.24, 2.45) is 5.73 Å². The van der Waals surface area contributed by atoms with Crippen LogP contribution in [0.5, 0.6) is 0 Å². The first-order chi connectivity index (χ1) is 16.7. The highest BCUT2D eigenvalue weighted by Crippen LogP contribution is 2.17. The molecule has 0 unspecified atom stereocenters. The predicted molar refractivity (Wildman–Crippen MR) is 133 cm³/mol. The second kappa shape index (κ2) is 14.4. The summed E-state index contributed by atoms with van der Waals surface area (Å²) in [7, 11) is -1.35. The first kappa shape index (κ1) is 30.8. The van der Waals surface area contributed by atoms with Gasteiger partial charge in [-0.15, -0.1) is 0 Å². The number of alkyl carbamates (subject to hydrolysis) is 1. The number of benzene rings is 2. The zero-order chi connectivity index (χ0) is 27.4. The van der Waals surface area contributed by atoms with Crippen molar-refractivity contribution in [3.05, 3.63) is 71.8 Å². The molecule has 2 rings (SSSR count). The molecule has 0 fully saturated rings. The standard InChI is InChI=1S/C22H30N2O4Si.C3H3F3O/c1-29(2,3)15-14-27-21(25)20(19(23)18-12-8-5-9-13-18)24-22(26)28-16-17-10-6-4-7-11-17;1-2(7)3(4,5)6/h4-13,19-20H,14-16,23H2,1-3H3,(H,24,26);1H3/t19-,20+;/m0./s1. The first-order valence-corrected chi connectivity index (χ1v) is 14.9. The fourth-order valence-electron chi connectivity index (χ4n) is 2.60. The molecule has 7 nitrogen and oxygen atoms in total. The minimum absolute atomic E-state index is 0.102. The van der Waals surface area contributed by atoms with Crippen LogP contribution in [0.2, 0.25) is 25.7 Å². The highest BCUT2D eigenvalue weighted by molar-refractivity contribution is 6.76. The Morgan fingerprint density at radius 1 is 0.944 bits per heavy atom. The lowest BCUT2D eigenvalue weighted by atomic mass is 10.0. The van der Waals surface area contributed by atoms with Crippen LogP contribution in [-0.4, -0.2) is 44.7 Å². The summed E-state index contributed by atoms with van der Waals surface area (Å²) in [4.78, 5) is 34.3. The number of alkyl halides is 3. The van der Waals surface area contributed by atoms with Crippen molar-refractivity contribution in [2.45, 2.75) is 57.5 Å². The van der Waals surface area contributed by atoms with Crippen LogP contribution in [-0.2, 0) is 25.7 Å². The van der Waals surface area contributed by atoms with Gasteiger partial charge in [-0.2, -0.15) is 13.2 Å². The van der Waals surface area contributed by atoms with Gasteiger partial charge in [0.2, 0.25) is 5.78 Å². The number of esters is 1. The maximum Gasteiger partial charge on any atom is 0.449 e. The minimum atomic E-state index is -4.64. The van der Waals surface area contributed by atoms with Gasteiger partial charge in [-0.25, -0.2) is 9.59 Å². The quantitative estimate of drug-likeness (QED) is 0.352. The first-order valence-electron chi connectivity index (χ1n) is 11.2. The van der Waals surface area contributed by atoms with Crippen molar-refractivity contribution < 1.29 is 37.0 Å². The number of nitrogens with one attached hydrogen (secondary N) is 1. The number of Topliss-reactive ketones (excluding diaryl/α,β-unsaturated/α-hetero) is 1. The van der Waals surface area contributed by atoms with Gasteiger partial charge < -0.3 is 20.5 Å². The van der Waals surface area contributed by atoms with Crippen LogP contribution in [0.4, 0.5) is 18.0 Å². The lowest BCUT2D eigenvalue weighted by Crippen LogP contribution is -2.49. The summed E-state index contributed by atoms with van der Waals surface area (Å²) in [5, 5.41) is 2.58. The van der Waals surface area contributed by atoms with Gasteiger partial charge in [0, 0.05) is 15.0 Å². The van der Waals surface area contributed by atoms with E-state index in [2.05, 4.69) is 25.0 Å². The summed E-state index contributed by atoms with van der Waals surface area (Å²) in [5.74, 6) is -2.32. The fraction of sp³-hybridized carbons (Fsp3) is 0.400. The van der Waals surface area contributed by atoms with E-state index in [4.69, 9.17) is 15.2 Å². The number of carbonyl (C=O) groups is 3. The van der Waals surface area contributed by atoms with Gasteiger partial charge in [0.05, 0.1) is 12.6 Å². The van der Waals surface area contributed by atoms with Gasteiger partial charge in [-0.1, -0.05) is 80.3 Å². The molecule has 0 aromatic heterocycles. The summed E-state index contributed by atoms with van der Waals surface area (Å²) in [6.45, 7) is 7.51. The molecule has 0 heterocycles. The van der Waals surface area contributed by atoms with Crippen molar-refractivity contribution >= 4 is 25.9 Å². The van der Waals surface area contributed by atoms with Crippen molar-refractivity contribution in [1.29, 1.82) is 0 Å². The Kier molecular flexibility index (Phi) is 12.3. The maximum atomic E-state index is 12.7. The molecular weight excluding hydrogens is 493 g/mol. The molecule has 0 saturated heterocycles. The van der Waals surface area contributed by atoms with E-state index in [0.717, 1.165) is 17.2 Å². The third kappa shape index (κ3) is 12.5. The average molecular weight is 527 g/mol. The predicted octanol–water partition coefficient (Wildman–Crippen LogP) is 5.00. The van der Waals surface area contributed by atoms with Crippen LogP contribution in [0.1, 0.15) is 24.1 Å². The zero-order valence-corrected chi connectivity index (χ0v) is 21.8. The average Bonchev–Trinajstić information content (AvgIpc) is 2.81. The number of carbonyl (C=O) groups excluding carboxylic acids is 3. The van der Waals surface area contributed by atoms with E-state index in [0.29, 0.717) is 13.5 Å². The summed E-state index contributed by atoms with van der Waals surface area (Å²) < 4.78 is 43.2. The molecular formula is C25H33F3N2O5Si. The Morgan fingerprint density at radius 2 is 1.44 bits per heavy atom. The van der Waals surface area contributed by atoms with E-state index in [1.54, 1.807) is 0 Å². The van der Waals surface area contributed by atoms with Gasteiger partial charge in [0.25, 0.3) is 0 Å². The molecule has 0 saturated carbocycles. The van der Waals surface area contributed by atoms with Gasteiger partial charge in [0.1, 0.15) is 12.6 Å². The SMILES string of the molecule is CC(=O)C(F)(F)F.C[Si](C)(C)CCOC(=O)[C@H](NC(=O)OCc1ccccc1)[C@@H](N)c1ccccc1. The van der Waals surface area contributed by atoms with E-state index < -0.39 is 44.2 Å². The number of nitrogens with two attached hydrogens (primary N) is 1. The normalized spacial score (nSPS) is 12.9. The summed E-state index contributed by atoms with van der Waals surface area (Å²) in [6.07, 6.45) is -5.35. The molecule has 36 heavy (non-hydrogen) atoms. The van der Waals surface area contributed by atoms with Crippen LogP contribution in [0.25, 0.3) is 0 Å². The van der Waals surface area contributed by atoms with Gasteiger partial charge in [-0.05, 0) is 17.2 Å². The second-order valence-electron chi connectivity index (χ2n) is 9.15. The molecule has 0 bridgehead atoms. The number of hydrogen-bond acceptors (Lipinski definition) is 6. The molecule has 0 radical (unpaired) electrons.